The molecule has 0 N–H and O–H groups in total. The van der Waals surface area contributed by atoms with Gasteiger partial charge in [-0.25, -0.2) is 4.98 Å². The van der Waals surface area contributed by atoms with Crippen molar-refractivity contribution < 1.29 is 4.79 Å². The molecule has 1 fully saturated rings. The molecule has 3 rings (SSSR count). The first-order chi connectivity index (χ1) is 9.75. The molecule has 3 nitrogen and oxygen atoms in total. The van der Waals surface area contributed by atoms with Crippen LogP contribution in [0.25, 0.3) is 0 Å². The summed E-state index contributed by atoms with van der Waals surface area (Å²) >= 11 is 9.26. The molecule has 1 amide bonds. The predicted octanol–water partition coefficient (Wildman–Crippen LogP) is 3.73. The Morgan fingerprint density at radius 3 is 2.85 bits per heavy atom. The zero-order chi connectivity index (χ0) is 13.9. The number of hydrogen-bond donors (Lipinski definition) is 0. The number of hydrogen-bond acceptors (Lipinski definition) is 4. The van der Waals surface area contributed by atoms with Crippen molar-refractivity contribution in [1.82, 2.24) is 9.88 Å². The average Bonchev–Trinajstić information content (AvgIpc) is 3.02. The molecule has 0 bridgehead atoms. The molecule has 20 heavy (non-hydrogen) atoms. The zero-order valence-corrected chi connectivity index (χ0v) is 13.0. The van der Waals surface area contributed by atoms with Crippen LogP contribution in [0.15, 0.2) is 35.2 Å². The van der Waals surface area contributed by atoms with Crippen molar-refractivity contribution in [3.8, 4) is 0 Å². The maximum atomic E-state index is 12.5. The molecule has 0 radical (unpaired) electrons. The normalized spacial score (nSPS) is 19.1. The van der Waals surface area contributed by atoms with Gasteiger partial charge in [0.15, 0.2) is 0 Å². The number of benzene rings is 1. The minimum atomic E-state index is 0.0199. The summed E-state index contributed by atoms with van der Waals surface area (Å²) in [5.74, 6) is 1.91. The Bertz CT molecular complexity index is 586. The minimum absolute atomic E-state index is 0.0199. The van der Waals surface area contributed by atoms with E-state index >= 15 is 0 Å². The Labute approximate surface area is 131 Å². The lowest BCUT2D eigenvalue weighted by molar-refractivity contribution is 0.0696. The summed E-state index contributed by atoms with van der Waals surface area (Å²) in [6.07, 6.45) is 0. The molecule has 1 atom stereocenters. The first-order valence-electron chi connectivity index (χ1n) is 6.28. The predicted molar refractivity (Wildman–Crippen MR) is 84.7 cm³/mol. The third-order valence-electron chi connectivity index (χ3n) is 3.30. The van der Waals surface area contributed by atoms with Gasteiger partial charge in [-0.1, -0.05) is 23.7 Å². The average molecular weight is 325 g/mol. The number of carbonyl (C=O) groups excluding carboxylic acids is 1. The van der Waals surface area contributed by atoms with Gasteiger partial charge in [-0.3, -0.25) is 4.79 Å². The molecule has 0 saturated carbocycles. The standard InChI is InChI=1S/C14H13ClN2OS2/c15-11-3-1-10(2-4-11)13-8-19-6-5-17(13)14(18)12-7-20-9-16-12/h1-4,7,9,13H,5-6,8H2. The minimum Gasteiger partial charge on any atom is -0.329 e. The van der Waals surface area contributed by atoms with E-state index in [9.17, 15) is 4.79 Å². The number of amides is 1. The summed E-state index contributed by atoms with van der Waals surface area (Å²) in [4.78, 5) is 18.6. The Morgan fingerprint density at radius 2 is 2.15 bits per heavy atom. The fraction of sp³-hybridized carbons (Fsp3) is 0.286. The van der Waals surface area contributed by atoms with Crippen molar-refractivity contribution in [1.29, 1.82) is 0 Å². The van der Waals surface area contributed by atoms with E-state index in [0.717, 1.165) is 28.6 Å². The van der Waals surface area contributed by atoms with E-state index < -0.39 is 0 Å². The maximum Gasteiger partial charge on any atom is 0.273 e. The second-order valence-corrected chi connectivity index (χ2v) is 6.82. The van der Waals surface area contributed by atoms with Crippen molar-refractivity contribution in [3.05, 3.63) is 51.4 Å². The SMILES string of the molecule is O=C(c1cscn1)N1CCSCC1c1ccc(Cl)cc1. The van der Waals surface area contributed by atoms with Crippen molar-refractivity contribution >= 4 is 40.6 Å². The van der Waals surface area contributed by atoms with Gasteiger partial charge >= 0.3 is 0 Å². The molecular weight excluding hydrogens is 312 g/mol. The molecule has 6 heteroatoms. The van der Waals surface area contributed by atoms with Crippen LogP contribution in [0.2, 0.25) is 5.02 Å². The molecule has 104 valence electrons. The molecule has 0 spiro atoms. The summed E-state index contributed by atoms with van der Waals surface area (Å²) < 4.78 is 0. The Hall–Kier alpha value is -1.04. The summed E-state index contributed by atoms with van der Waals surface area (Å²) in [5.41, 5.74) is 3.37. The molecule has 1 aromatic heterocycles. The molecule has 2 aromatic rings. The fourth-order valence-electron chi connectivity index (χ4n) is 2.27. The third-order valence-corrected chi connectivity index (χ3v) is 5.16. The molecule has 2 heterocycles. The molecule has 1 aliphatic heterocycles. The van der Waals surface area contributed by atoms with Gasteiger partial charge in [0.1, 0.15) is 5.69 Å². The molecule has 1 aliphatic rings. The van der Waals surface area contributed by atoms with Crippen LogP contribution >= 0.6 is 34.7 Å². The second kappa shape index (κ2) is 6.16. The quantitative estimate of drug-likeness (QED) is 0.844. The van der Waals surface area contributed by atoms with Crippen molar-refractivity contribution in [2.24, 2.45) is 0 Å². The van der Waals surface area contributed by atoms with Crippen LogP contribution in [0, 0.1) is 0 Å². The van der Waals surface area contributed by atoms with E-state index in [2.05, 4.69) is 4.98 Å². The Morgan fingerprint density at radius 1 is 1.35 bits per heavy atom. The number of nitrogens with zero attached hydrogens (tertiary/aromatic N) is 2. The van der Waals surface area contributed by atoms with E-state index in [-0.39, 0.29) is 11.9 Å². The van der Waals surface area contributed by atoms with Crippen LogP contribution in [-0.4, -0.2) is 33.8 Å². The summed E-state index contributed by atoms with van der Waals surface area (Å²) in [6.45, 7) is 0.758. The van der Waals surface area contributed by atoms with Gasteiger partial charge in [-0.2, -0.15) is 11.8 Å². The van der Waals surface area contributed by atoms with Crippen LogP contribution in [0.3, 0.4) is 0 Å². The van der Waals surface area contributed by atoms with E-state index in [1.165, 1.54) is 11.3 Å². The van der Waals surface area contributed by atoms with Crippen LogP contribution in [0.5, 0.6) is 0 Å². The summed E-state index contributed by atoms with van der Waals surface area (Å²) in [7, 11) is 0. The van der Waals surface area contributed by atoms with Crippen LogP contribution < -0.4 is 0 Å². The third kappa shape index (κ3) is 2.85. The van der Waals surface area contributed by atoms with Gasteiger partial charge in [0.05, 0.1) is 11.6 Å². The number of rotatable bonds is 2. The Balaban J connectivity index is 1.87. The molecule has 1 aromatic carbocycles. The van der Waals surface area contributed by atoms with E-state index in [0.29, 0.717) is 5.69 Å². The van der Waals surface area contributed by atoms with Gasteiger partial charge in [0.2, 0.25) is 0 Å². The van der Waals surface area contributed by atoms with Crippen LogP contribution in [0.4, 0.5) is 0 Å². The highest BCUT2D eigenvalue weighted by atomic mass is 35.5. The number of thiazole rings is 1. The monoisotopic (exact) mass is 324 g/mol. The van der Waals surface area contributed by atoms with E-state index in [4.69, 9.17) is 11.6 Å². The van der Waals surface area contributed by atoms with E-state index in [1.807, 2.05) is 46.3 Å². The first-order valence-corrected chi connectivity index (χ1v) is 8.75. The molecular formula is C14H13ClN2OS2. The fourth-order valence-corrected chi connectivity index (χ4v) is 4.01. The first kappa shape index (κ1) is 13.9. The number of carbonyl (C=O) groups is 1. The lowest BCUT2D eigenvalue weighted by Crippen LogP contribution is -2.40. The van der Waals surface area contributed by atoms with Crippen LogP contribution in [0.1, 0.15) is 22.1 Å². The highest BCUT2D eigenvalue weighted by Gasteiger charge is 2.29. The van der Waals surface area contributed by atoms with Gasteiger partial charge in [-0.15, -0.1) is 11.3 Å². The van der Waals surface area contributed by atoms with E-state index in [1.54, 1.807) is 5.51 Å². The Kier molecular flexibility index (Phi) is 4.29. The smallest absolute Gasteiger partial charge is 0.273 e. The van der Waals surface area contributed by atoms with Gasteiger partial charge in [0, 0.05) is 28.5 Å². The summed E-state index contributed by atoms with van der Waals surface area (Å²) in [5, 5.41) is 2.53. The van der Waals surface area contributed by atoms with Gasteiger partial charge in [0.25, 0.3) is 5.91 Å². The largest absolute Gasteiger partial charge is 0.329 e. The zero-order valence-electron chi connectivity index (χ0n) is 10.7. The van der Waals surface area contributed by atoms with Crippen molar-refractivity contribution in [3.63, 3.8) is 0 Å². The lowest BCUT2D eigenvalue weighted by atomic mass is 10.1. The highest BCUT2D eigenvalue weighted by molar-refractivity contribution is 7.99. The topological polar surface area (TPSA) is 33.2 Å². The van der Waals surface area contributed by atoms with Crippen molar-refractivity contribution in [2.45, 2.75) is 6.04 Å². The molecule has 1 saturated heterocycles. The molecule has 1 unspecified atom stereocenters. The molecule has 0 aliphatic carbocycles. The summed E-state index contributed by atoms with van der Waals surface area (Å²) in [6, 6.07) is 7.85. The number of aromatic nitrogens is 1. The van der Waals surface area contributed by atoms with Crippen LogP contribution in [-0.2, 0) is 0 Å². The lowest BCUT2D eigenvalue weighted by Gasteiger charge is -2.35. The van der Waals surface area contributed by atoms with Gasteiger partial charge in [-0.05, 0) is 17.7 Å². The number of thioether (sulfide) groups is 1. The van der Waals surface area contributed by atoms with Crippen molar-refractivity contribution in [2.75, 3.05) is 18.1 Å². The number of halogens is 1. The van der Waals surface area contributed by atoms with Gasteiger partial charge < -0.3 is 4.90 Å². The highest BCUT2D eigenvalue weighted by Crippen LogP contribution is 2.31. The maximum absolute atomic E-state index is 12.5. The second-order valence-electron chi connectivity index (χ2n) is 4.51.